The van der Waals surface area contributed by atoms with Crippen LogP contribution in [-0.4, -0.2) is 11.2 Å². The van der Waals surface area contributed by atoms with Crippen LogP contribution < -0.4 is 0 Å². The van der Waals surface area contributed by atoms with E-state index >= 15 is 0 Å². The van der Waals surface area contributed by atoms with E-state index in [9.17, 15) is 5.11 Å². The summed E-state index contributed by atoms with van der Waals surface area (Å²) in [5.74, 6) is 2.33. The second kappa shape index (κ2) is 5.94. The van der Waals surface area contributed by atoms with E-state index < -0.39 is 0 Å². The second-order valence-corrected chi connectivity index (χ2v) is 7.23. The summed E-state index contributed by atoms with van der Waals surface area (Å²) in [5.41, 5.74) is 0.448. The minimum atomic E-state index is -0.00316. The Morgan fingerprint density at radius 2 is 2.00 bits per heavy atom. The van der Waals surface area contributed by atoms with Crippen LogP contribution in [-0.2, 0) is 0 Å². The largest absolute Gasteiger partial charge is 0.393 e. The molecule has 0 aromatic rings. The quantitative estimate of drug-likeness (QED) is 0.698. The van der Waals surface area contributed by atoms with Crippen LogP contribution in [0.15, 0.2) is 0 Å². The maximum absolute atomic E-state index is 10.3. The number of unbranched alkanes of at least 4 members (excludes halogenated alkanes) is 2. The van der Waals surface area contributed by atoms with Crippen LogP contribution in [0.25, 0.3) is 0 Å². The molecule has 1 N–H and O–H groups in total. The Labute approximate surface area is 113 Å². The van der Waals surface area contributed by atoms with Gasteiger partial charge in [-0.05, 0) is 48.9 Å². The van der Waals surface area contributed by atoms with Gasteiger partial charge in [0, 0.05) is 0 Å². The van der Waals surface area contributed by atoms with Crippen LogP contribution in [0.1, 0.15) is 78.6 Å². The van der Waals surface area contributed by atoms with Crippen molar-refractivity contribution in [2.45, 2.75) is 84.7 Å². The fourth-order valence-corrected chi connectivity index (χ4v) is 5.04. The van der Waals surface area contributed by atoms with Crippen molar-refractivity contribution in [3.8, 4) is 0 Å². The van der Waals surface area contributed by atoms with Gasteiger partial charge in [0.1, 0.15) is 0 Å². The van der Waals surface area contributed by atoms with Crippen molar-refractivity contribution in [2.24, 2.45) is 23.2 Å². The van der Waals surface area contributed by atoms with Gasteiger partial charge >= 0.3 is 0 Å². The molecule has 2 aliphatic carbocycles. The molecular formula is C17H32O. The van der Waals surface area contributed by atoms with Gasteiger partial charge in [0.25, 0.3) is 0 Å². The molecule has 5 atom stereocenters. The summed E-state index contributed by atoms with van der Waals surface area (Å²) >= 11 is 0. The standard InChI is InChI=1S/C17H32O/c1-4-5-6-8-13(2)14-10-11-15-16(18)9-7-12-17(14,15)3/h13-16,18H,4-12H2,1-3H3/t13-,14+,15-,16-,17+/m0/s1. The number of aliphatic hydroxyl groups excluding tert-OH is 1. The van der Waals surface area contributed by atoms with Crippen molar-refractivity contribution in [1.82, 2.24) is 0 Å². The molecule has 0 radical (unpaired) electrons. The zero-order valence-corrected chi connectivity index (χ0v) is 12.6. The number of hydrogen-bond acceptors (Lipinski definition) is 1. The molecular weight excluding hydrogens is 220 g/mol. The molecule has 0 unspecified atom stereocenters. The van der Waals surface area contributed by atoms with E-state index in [1.165, 1.54) is 51.4 Å². The van der Waals surface area contributed by atoms with E-state index in [2.05, 4.69) is 20.8 Å². The SMILES string of the molecule is CCCCC[C@H](C)[C@H]1CC[C@H]2[C@@H](O)CCC[C@]12C. The lowest BCUT2D eigenvalue weighted by molar-refractivity contribution is -0.0278. The van der Waals surface area contributed by atoms with E-state index in [1.807, 2.05) is 0 Å². The third-order valence-corrected chi connectivity index (χ3v) is 6.11. The molecule has 2 saturated carbocycles. The molecule has 18 heavy (non-hydrogen) atoms. The first-order valence-corrected chi connectivity index (χ1v) is 8.27. The first-order chi connectivity index (χ1) is 8.59. The molecule has 0 aliphatic heterocycles. The molecule has 0 amide bonds. The molecule has 2 fully saturated rings. The maximum atomic E-state index is 10.3. The molecule has 0 aromatic carbocycles. The predicted molar refractivity (Wildman–Crippen MR) is 77.5 cm³/mol. The smallest absolute Gasteiger partial charge is 0.0573 e. The van der Waals surface area contributed by atoms with Crippen molar-refractivity contribution >= 4 is 0 Å². The summed E-state index contributed by atoms with van der Waals surface area (Å²) in [4.78, 5) is 0. The Bertz CT molecular complexity index is 262. The highest BCUT2D eigenvalue weighted by Crippen LogP contribution is 2.58. The van der Waals surface area contributed by atoms with E-state index in [0.717, 1.165) is 18.3 Å². The summed E-state index contributed by atoms with van der Waals surface area (Å²) < 4.78 is 0. The van der Waals surface area contributed by atoms with Crippen LogP contribution in [0.3, 0.4) is 0 Å². The molecule has 2 rings (SSSR count). The lowest BCUT2D eigenvalue weighted by atomic mass is 9.61. The third-order valence-electron chi connectivity index (χ3n) is 6.11. The van der Waals surface area contributed by atoms with E-state index in [4.69, 9.17) is 0 Å². The molecule has 0 heterocycles. The average molecular weight is 252 g/mol. The lowest BCUT2D eigenvalue weighted by Crippen LogP contribution is -2.41. The van der Waals surface area contributed by atoms with Gasteiger partial charge in [0.05, 0.1) is 6.10 Å². The number of hydrogen-bond donors (Lipinski definition) is 1. The van der Waals surface area contributed by atoms with Gasteiger partial charge in [0.15, 0.2) is 0 Å². The molecule has 106 valence electrons. The van der Waals surface area contributed by atoms with Gasteiger partial charge in [-0.2, -0.15) is 0 Å². The second-order valence-electron chi connectivity index (χ2n) is 7.23. The van der Waals surface area contributed by atoms with Crippen LogP contribution in [0, 0.1) is 23.2 Å². The monoisotopic (exact) mass is 252 g/mol. The van der Waals surface area contributed by atoms with Crippen LogP contribution in [0.4, 0.5) is 0 Å². The van der Waals surface area contributed by atoms with E-state index in [1.54, 1.807) is 0 Å². The Balaban J connectivity index is 1.97. The molecule has 1 heteroatoms. The van der Waals surface area contributed by atoms with Crippen molar-refractivity contribution < 1.29 is 5.11 Å². The predicted octanol–water partition coefficient (Wildman–Crippen LogP) is 4.78. The van der Waals surface area contributed by atoms with Crippen molar-refractivity contribution in [3.05, 3.63) is 0 Å². The summed E-state index contributed by atoms with van der Waals surface area (Å²) in [6, 6.07) is 0. The topological polar surface area (TPSA) is 20.2 Å². The average Bonchev–Trinajstić information content (AvgIpc) is 2.68. The number of rotatable bonds is 5. The van der Waals surface area contributed by atoms with Gasteiger partial charge in [-0.25, -0.2) is 0 Å². The Kier molecular flexibility index (Phi) is 4.75. The zero-order valence-electron chi connectivity index (χ0n) is 12.6. The molecule has 0 aromatic heterocycles. The Morgan fingerprint density at radius 3 is 2.72 bits per heavy atom. The Hall–Kier alpha value is -0.0400. The number of aliphatic hydroxyl groups is 1. The van der Waals surface area contributed by atoms with Crippen molar-refractivity contribution in [2.75, 3.05) is 0 Å². The van der Waals surface area contributed by atoms with Gasteiger partial charge in [-0.3, -0.25) is 0 Å². The fourth-order valence-electron chi connectivity index (χ4n) is 5.04. The lowest BCUT2D eigenvalue weighted by Gasteiger charge is -2.45. The van der Waals surface area contributed by atoms with Crippen LogP contribution >= 0.6 is 0 Å². The molecule has 0 bridgehead atoms. The van der Waals surface area contributed by atoms with Gasteiger partial charge in [-0.15, -0.1) is 0 Å². The first kappa shape index (κ1) is 14.4. The maximum Gasteiger partial charge on any atom is 0.0573 e. The molecule has 0 spiro atoms. The fraction of sp³-hybridized carbons (Fsp3) is 1.00. The third kappa shape index (κ3) is 2.61. The summed E-state index contributed by atoms with van der Waals surface area (Å²) in [7, 11) is 0. The highest BCUT2D eigenvalue weighted by molar-refractivity contribution is 5.01. The van der Waals surface area contributed by atoms with Crippen LogP contribution in [0.5, 0.6) is 0 Å². The minimum Gasteiger partial charge on any atom is -0.393 e. The molecule has 1 nitrogen and oxygen atoms in total. The zero-order chi connectivity index (χ0) is 13.2. The Morgan fingerprint density at radius 1 is 1.22 bits per heavy atom. The highest BCUT2D eigenvalue weighted by Gasteiger charge is 2.51. The summed E-state index contributed by atoms with van der Waals surface area (Å²) in [5, 5.41) is 10.3. The minimum absolute atomic E-state index is 0.00316. The van der Waals surface area contributed by atoms with Gasteiger partial charge in [-0.1, -0.05) is 52.9 Å². The van der Waals surface area contributed by atoms with Crippen LogP contribution in [0.2, 0.25) is 0 Å². The van der Waals surface area contributed by atoms with E-state index in [0.29, 0.717) is 11.3 Å². The normalized spacial score (nSPS) is 41.7. The first-order valence-electron chi connectivity index (χ1n) is 8.27. The summed E-state index contributed by atoms with van der Waals surface area (Å²) in [6.45, 7) is 7.23. The molecule has 0 saturated heterocycles. The van der Waals surface area contributed by atoms with E-state index in [-0.39, 0.29) is 6.10 Å². The highest BCUT2D eigenvalue weighted by atomic mass is 16.3. The summed E-state index contributed by atoms with van der Waals surface area (Å²) in [6.07, 6.45) is 11.8. The number of fused-ring (bicyclic) bond motifs is 1. The van der Waals surface area contributed by atoms with Gasteiger partial charge in [0.2, 0.25) is 0 Å². The van der Waals surface area contributed by atoms with Gasteiger partial charge < -0.3 is 5.11 Å². The van der Waals surface area contributed by atoms with Crippen molar-refractivity contribution in [3.63, 3.8) is 0 Å². The van der Waals surface area contributed by atoms with Crippen molar-refractivity contribution in [1.29, 1.82) is 0 Å². The molecule has 2 aliphatic rings.